The Hall–Kier alpha value is -3.35. The van der Waals surface area contributed by atoms with Gasteiger partial charge < -0.3 is 20.1 Å². The molecule has 3 unspecified atom stereocenters. The van der Waals surface area contributed by atoms with Gasteiger partial charge in [-0.05, 0) is 47.4 Å². The van der Waals surface area contributed by atoms with E-state index in [2.05, 4.69) is 29.6 Å². The number of alkyl carbamates (subject to hydrolysis) is 1. The zero-order valence-corrected chi connectivity index (χ0v) is 20.4. The van der Waals surface area contributed by atoms with E-state index >= 15 is 0 Å². The fraction of sp³-hybridized carbons (Fsp3) is 0.464. The molecule has 0 radical (unpaired) electrons. The molecule has 0 spiro atoms. The first-order chi connectivity index (χ1) is 16.9. The number of fused-ring (bicyclic) bond motifs is 3. The van der Waals surface area contributed by atoms with Gasteiger partial charge in [0.05, 0.1) is 5.92 Å². The van der Waals surface area contributed by atoms with Gasteiger partial charge in [0, 0.05) is 19.0 Å². The number of nitrogens with zero attached hydrogens (tertiary/aromatic N) is 1. The van der Waals surface area contributed by atoms with E-state index in [-0.39, 0.29) is 25.0 Å². The SMILES string of the molecule is CCC1CCN(C(=O)C(CC)CNC(=O)OCC2c3ccccc3-c3ccccc32)C(C(=O)O)C1. The molecule has 4 rings (SSSR count). The predicted molar refractivity (Wildman–Crippen MR) is 133 cm³/mol. The van der Waals surface area contributed by atoms with Crippen molar-refractivity contribution in [2.45, 2.75) is 51.5 Å². The number of carbonyl (C=O) groups excluding carboxylic acids is 2. The van der Waals surface area contributed by atoms with E-state index in [1.165, 1.54) is 4.90 Å². The fourth-order valence-corrected chi connectivity index (χ4v) is 5.40. The molecule has 2 amide bonds. The minimum Gasteiger partial charge on any atom is -0.480 e. The molecule has 2 aliphatic rings. The van der Waals surface area contributed by atoms with Gasteiger partial charge in [0.2, 0.25) is 5.91 Å². The Morgan fingerprint density at radius 2 is 1.69 bits per heavy atom. The topological polar surface area (TPSA) is 95.9 Å². The maximum Gasteiger partial charge on any atom is 0.407 e. The number of carbonyl (C=O) groups is 3. The van der Waals surface area contributed by atoms with E-state index in [1.807, 2.05) is 38.1 Å². The minimum absolute atomic E-state index is 0.0343. The number of benzene rings is 2. The number of rotatable bonds is 8. The quantitative estimate of drug-likeness (QED) is 0.576. The second kappa shape index (κ2) is 10.9. The summed E-state index contributed by atoms with van der Waals surface area (Å²) in [6, 6.07) is 15.5. The highest BCUT2D eigenvalue weighted by atomic mass is 16.5. The average Bonchev–Trinajstić information content (AvgIpc) is 3.21. The lowest BCUT2D eigenvalue weighted by Crippen LogP contribution is -2.53. The van der Waals surface area contributed by atoms with Crippen molar-refractivity contribution in [1.29, 1.82) is 0 Å². The molecule has 0 saturated carbocycles. The summed E-state index contributed by atoms with van der Waals surface area (Å²) >= 11 is 0. The van der Waals surface area contributed by atoms with E-state index in [4.69, 9.17) is 4.74 Å². The number of aliphatic carboxylic acids is 1. The van der Waals surface area contributed by atoms with Crippen molar-refractivity contribution in [1.82, 2.24) is 10.2 Å². The Balaban J connectivity index is 1.34. The Morgan fingerprint density at radius 3 is 2.26 bits per heavy atom. The van der Waals surface area contributed by atoms with Gasteiger partial charge in [-0.1, -0.05) is 68.8 Å². The van der Waals surface area contributed by atoms with Crippen molar-refractivity contribution in [3.8, 4) is 11.1 Å². The normalized spacial score (nSPS) is 20.0. The zero-order valence-electron chi connectivity index (χ0n) is 20.4. The third kappa shape index (κ3) is 5.19. The van der Waals surface area contributed by atoms with Gasteiger partial charge >= 0.3 is 12.1 Å². The Labute approximate surface area is 206 Å². The van der Waals surface area contributed by atoms with Crippen LogP contribution in [0.5, 0.6) is 0 Å². The molecule has 186 valence electrons. The second-order valence-electron chi connectivity index (χ2n) is 9.50. The van der Waals surface area contributed by atoms with Gasteiger partial charge in [0.15, 0.2) is 0 Å². The Kier molecular flexibility index (Phi) is 7.73. The van der Waals surface area contributed by atoms with Gasteiger partial charge in [0.25, 0.3) is 0 Å². The summed E-state index contributed by atoms with van der Waals surface area (Å²) < 4.78 is 5.58. The Morgan fingerprint density at radius 1 is 1.06 bits per heavy atom. The molecule has 1 fully saturated rings. The fourth-order valence-electron chi connectivity index (χ4n) is 5.40. The van der Waals surface area contributed by atoms with Crippen molar-refractivity contribution >= 4 is 18.0 Å². The molecular formula is C28H34N2O5. The number of hydrogen-bond donors (Lipinski definition) is 2. The number of piperidine rings is 1. The van der Waals surface area contributed by atoms with E-state index in [0.29, 0.717) is 25.3 Å². The molecule has 3 atom stereocenters. The van der Waals surface area contributed by atoms with Crippen molar-refractivity contribution in [2.75, 3.05) is 19.7 Å². The summed E-state index contributed by atoms with van der Waals surface area (Å²) in [5.41, 5.74) is 4.60. The molecule has 1 heterocycles. The number of likely N-dealkylation sites (tertiary alicyclic amines) is 1. The third-order valence-corrected chi connectivity index (χ3v) is 7.54. The van der Waals surface area contributed by atoms with Crippen LogP contribution in [-0.4, -0.2) is 53.7 Å². The van der Waals surface area contributed by atoms with Crippen LogP contribution in [0.15, 0.2) is 48.5 Å². The van der Waals surface area contributed by atoms with Crippen molar-refractivity contribution < 1.29 is 24.2 Å². The molecule has 1 saturated heterocycles. The summed E-state index contributed by atoms with van der Waals surface area (Å²) in [5, 5.41) is 12.4. The standard InChI is InChI=1S/C28H34N2O5/c1-3-18-13-14-30(25(15-18)27(32)33)26(31)19(4-2)16-29-28(34)35-17-24-22-11-7-5-9-20(22)21-10-6-8-12-23(21)24/h5-12,18-19,24-25H,3-4,13-17H2,1-2H3,(H,29,34)(H,32,33). The molecule has 0 bridgehead atoms. The lowest BCUT2D eigenvalue weighted by Gasteiger charge is -2.38. The molecule has 1 aliphatic carbocycles. The third-order valence-electron chi connectivity index (χ3n) is 7.54. The lowest BCUT2D eigenvalue weighted by molar-refractivity contribution is -0.155. The first kappa shape index (κ1) is 24.8. The maximum absolute atomic E-state index is 13.2. The molecule has 7 nitrogen and oxygen atoms in total. The van der Waals surface area contributed by atoms with E-state index in [9.17, 15) is 19.5 Å². The largest absolute Gasteiger partial charge is 0.480 e. The van der Waals surface area contributed by atoms with Crippen LogP contribution >= 0.6 is 0 Å². The number of hydrogen-bond acceptors (Lipinski definition) is 4. The molecule has 1 aliphatic heterocycles. The molecule has 2 aromatic carbocycles. The maximum atomic E-state index is 13.2. The number of amides is 2. The zero-order chi connectivity index (χ0) is 24.9. The molecule has 7 heteroatoms. The molecule has 0 aromatic heterocycles. The van der Waals surface area contributed by atoms with Gasteiger partial charge in [-0.2, -0.15) is 0 Å². The molecule has 2 N–H and O–H groups in total. The van der Waals surface area contributed by atoms with Crippen LogP contribution < -0.4 is 5.32 Å². The second-order valence-corrected chi connectivity index (χ2v) is 9.50. The number of carboxylic acids is 1. The van der Waals surface area contributed by atoms with Crippen LogP contribution in [-0.2, 0) is 14.3 Å². The highest BCUT2D eigenvalue weighted by Gasteiger charge is 2.38. The minimum atomic E-state index is -0.962. The van der Waals surface area contributed by atoms with Crippen molar-refractivity contribution in [3.05, 3.63) is 59.7 Å². The summed E-state index contributed by atoms with van der Waals surface area (Å²) in [6.07, 6.45) is 2.13. The Bertz CT molecular complexity index is 1040. The first-order valence-electron chi connectivity index (χ1n) is 12.6. The van der Waals surface area contributed by atoms with Crippen molar-refractivity contribution in [2.24, 2.45) is 11.8 Å². The van der Waals surface area contributed by atoms with Gasteiger partial charge in [-0.15, -0.1) is 0 Å². The van der Waals surface area contributed by atoms with Crippen molar-refractivity contribution in [3.63, 3.8) is 0 Å². The number of ether oxygens (including phenoxy) is 1. The van der Waals surface area contributed by atoms with Crippen LogP contribution in [0.1, 0.15) is 56.6 Å². The van der Waals surface area contributed by atoms with Crippen LogP contribution in [0.25, 0.3) is 11.1 Å². The smallest absolute Gasteiger partial charge is 0.407 e. The van der Waals surface area contributed by atoms with Crippen LogP contribution in [0.2, 0.25) is 0 Å². The highest BCUT2D eigenvalue weighted by Crippen LogP contribution is 2.44. The van der Waals surface area contributed by atoms with Crippen LogP contribution in [0.3, 0.4) is 0 Å². The first-order valence-corrected chi connectivity index (χ1v) is 12.6. The summed E-state index contributed by atoms with van der Waals surface area (Å²) in [5.74, 6) is -1.38. The summed E-state index contributed by atoms with van der Waals surface area (Å²) in [4.78, 5) is 39.0. The average molecular weight is 479 g/mol. The lowest BCUT2D eigenvalue weighted by atomic mass is 9.88. The van der Waals surface area contributed by atoms with Crippen LogP contribution in [0, 0.1) is 11.8 Å². The van der Waals surface area contributed by atoms with Gasteiger partial charge in [-0.25, -0.2) is 9.59 Å². The van der Waals surface area contributed by atoms with E-state index < -0.39 is 24.0 Å². The van der Waals surface area contributed by atoms with E-state index in [0.717, 1.165) is 35.1 Å². The molecular weight excluding hydrogens is 444 g/mol. The highest BCUT2D eigenvalue weighted by molar-refractivity contribution is 5.86. The summed E-state index contributed by atoms with van der Waals surface area (Å²) in [7, 11) is 0. The molecule has 2 aromatic rings. The monoisotopic (exact) mass is 478 g/mol. The van der Waals surface area contributed by atoms with Crippen LogP contribution in [0.4, 0.5) is 4.79 Å². The van der Waals surface area contributed by atoms with E-state index in [1.54, 1.807) is 0 Å². The predicted octanol–water partition coefficient (Wildman–Crippen LogP) is 4.65. The van der Waals surface area contributed by atoms with Gasteiger partial charge in [0.1, 0.15) is 12.6 Å². The number of nitrogens with one attached hydrogen (secondary N) is 1. The number of carboxylic acid groups (broad SMARTS) is 1. The van der Waals surface area contributed by atoms with Gasteiger partial charge in [-0.3, -0.25) is 4.79 Å². The molecule has 35 heavy (non-hydrogen) atoms. The summed E-state index contributed by atoms with van der Waals surface area (Å²) in [6.45, 7) is 4.68.